The summed E-state index contributed by atoms with van der Waals surface area (Å²) in [5, 5.41) is 0.0178. The summed E-state index contributed by atoms with van der Waals surface area (Å²) in [6.45, 7) is 0. The molecule has 0 saturated carbocycles. The standard InChI is InChI=1S/C6HClI2N2O3/c7-5-10-1-2(13-5)12-4-3(8)11-6(9)14-4/h1H. The van der Waals surface area contributed by atoms with Gasteiger partial charge in [-0.05, 0) is 34.2 Å². The van der Waals surface area contributed by atoms with Gasteiger partial charge >= 0.3 is 11.9 Å². The first kappa shape index (κ1) is 10.5. The summed E-state index contributed by atoms with van der Waals surface area (Å²) in [7, 11) is 0. The van der Waals surface area contributed by atoms with E-state index in [1.165, 1.54) is 6.20 Å². The molecule has 0 N–H and O–H groups in total. The predicted octanol–water partition coefficient (Wildman–Crippen LogP) is 3.32. The number of aromatic nitrogens is 2. The molecule has 0 atom stereocenters. The number of halogens is 3. The Bertz CT molecular complexity index is 456. The van der Waals surface area contributed by atoms with E-state index in [4.69, 9.17) is 25.2 Å². The number of hydrogen-bond donors (Lipinski definition) is 0. The first-order valence-electron chi connectivity index (χ1n) is 3.26. The molecule has 2 aromatic heterocycles. The van der Waals surface area contributed by atoms with Gasteiger partial charge in [-0.25, -0.2) is 4.98 Å². The van der Waals surface area contributed by atoms with Gasteiger partial charge in [0.15, 0.2) is 3.70 Å². The molecule has 0 unspecified atom stereocenters. The van der Waals surface area contributed by atoms with Gasteiger partial charge in [0.2, 0.25) is 0 Å². The van der Waals surface area contributed by atoms with Gasteiger partial charge in [-0.2, -0.15) is 4.98 Å². The molecule has 0 fully saturated rings. The van der Waals surface area contributed by atoms with Gasteiger partial charge in [-0.1, -0.05) is 0 Å². The van der Waals surface area contributed by atoms with E-state index in [0.717, 1.165) is 0 Å². The normalized spacial score (nSPS) is 10.5. The Hall–Kier alpha value is -0.0300. The van der Waals surface area contributed by atoms with Crippen LogP contribution in [-0.2, 0) is 0 Å². The van der Waals surface area contributed by atoms with Crippen molar-refractivity contribution in [3.05, 3.63) is 19.1 Å². The van der Waals surface area contributed by atoms with Gasteiger partial charge in [-0.3, -0.25) is 0 Å². The summed E-state index contributed by atoms with van der Waals surface area (Å²) in [6, 6.07) is 0. The Kier molecular flexibility index (Phi) is 3.17. The van der Waals surface area contributed by atoms with Gasteiger partial charge in [0.05, 0.1) is 0 Å². The van der Waals surface area contributed by atoms with Crippen LogP contribution in [0.1, 0.15) is 0 Å². The zero-order valence-electron chi connectivity index (χ0n) is 6.33. The molecule has 0 aromatic carbocycles. The Labute approximate surface area is 110 Å². The van der Waals surface area contributed by atoms with Crippen molar-refractivity contribution in [3.63, 3.8) is 0 Å². The van der Waals surface area contributed by atoms with Crippen molar-refractivity contribution in [2.75, 3.05) is 0 Å². The molecule has 0 amide bonds. The lowest BCUT2D eigenvalue weighted by Gasteiger charge is -1.94. The van der Waals surface area contributed by atoms with Crippen LogP contribution >= 0.6 is 56.8 Å². The molecule has 0 saturated heterocycles. The number of rotatable bonds is 2. The molecule has 74 valence electrons. The predicted molar refractivity (Wildman–Crippen MR) is 63.5 cm³/mol. The molecule has 0 aliphatic carbocycles. The third kappa shape index (κ3) is 2.31. The molecule has 0 aliphatic rings. The highest BCUT2D eigenvalue weighted by Crippen LogP contribution is 2.29. The molecular weight excluding hydrogens is 437 g/mol. The number of oxazole rings is 2. The third-order valence-electron chi connectivity index (χ3n) is 1.18. The maximum absolute atomic E-state index is 5.46. The van der Waals surface area contributed by atoms with Crippen molar-refractivity contribution in [3.8, 4) is 11.9 Å². The van der Waals surface area contributed by atoms with Crippen LogP contribution in [0.25, 0.3) is 0 Å². The van der Waals surface area contributed by atoms with E-state index in [9.17, 15) is 0 Å². The second-order valence-corrected chi connectivity index (χ2v) is 4.35. The lowest BCUT2D eigenvalue weighted by atomic mass is 10.8. The van der Waals surface area contributed by atoms with E-state index in [1.807, 2.05) is 45.2 Å². The SMILES string of the molecule is Clc1ncc(Oc2oc(I)nc2I)o1. The Morgan fingerprint density at radius 3 is 2.64 bits per heavy atom. The van der Waals surface area contributed by atoms with E-state index >= 15 is 0 Å². The second-order valence-electron chi connectivity index (χ2n) is 2.08. The largest absolute Gasteiger partial charge is 0.399 e. The Morgan fingerprint density at radius 2 is 2.14 bits per heavy atom. The van der Waals surface area contributed by atoms with Crippen LogP contribution in [0, 0.1) is 7.60 Å². The van der Waals surface area contributed by atoms with Gasteiger partial charge in [0.25, 0.3) is 9.25 Å². The quantitative estimate of drug-likeness (QED) is 0.674. The smallest absolute Gasteiger partial charge is 0.328 e. The third-order valence-corrected chi connectivity index (χ3v) is 2.50. The number of nitrogens with zero attached hydrogens (tertiary/aromatic N) is 2. The maximum Gasteiger partial charge on any atom is 0.328 e. The highest BCUT2D eigenvalue weighted by molar-refractivity contribution is 14.1. The molecule has 2 rings (SSSR count). The van der Waals surface area contributed by atoms with E-state index in [1.54, 1.807) is 0 Å². The monoisotopic (exact) mass is 438 g/mol. The molecule has 14 heavy (non-hydrogen) atoms. The molecule has 0 spiro atoms. The second kappa shape index (κ2) is 4.23. The van der Waals surface area contributed by atoms with Gasteiger partial charge in [0.1, 0.15) is 6.20 Å². The van der Waals surface area contributed by atoms with Crippen molar-refractivity contribution in [2.45, 2.75) is 0 Å². The van der Waals surface area contributed by atoms with Gasteiger partial charge in [-0.15, -0.1) is 0 Å². The first-order valence-corrected chi connectivity index (χ1v) is 5.79. The lowest BCUT2D eigenvalue weighted by Crippen LogP contribution is -1.81. The highest BCUT2D eigenvalue weighted by Gasteiger charge is 2.13. The van der Waals surface area contributed by atoms with Crippen molar-refractivity contribution in [1.82, 2.24) is 9.97 Å². The van der Waals surface area contributed by atoms with E-state index in [0.29, 0.717) is 7.60 Å². The highest BCUT2D eigenvalue weighted by atomic mass is 127. The summed E-state index contributed by atoms with van der Waals surface area (Å²) in [5.74, 6) is 0.434. The van der Waals surface area contributed by atoms with Crippen LogP contribution in [0.3, 0.4) is 0 Å². The molecule has 5 nitrogen and oxygen atoms in total. The summed E-state index contributed by atoms with van der Waals surface area (Å²) in [6.07, 6.45) is 1.35. The summed E-state index contributed by atoms with van der Waals surface area (Å²) in [5.41, 5.74) is 0. The van der Waals surface area contributed by atoms with Crippen LogP contribution in [0.4, 0.5) is 0 Å². The minimum absolute atomic E-state index is 0.0178. The molecule has 2 heterocycles. The van der Waals surface area contributed by atoms with Crippen LogP contribution in [0.15, 0.2) is 15.0 Å². The summed E-state index contributed by atoms with van der Waals surface area (Å²) < 4.78 is 16.3. The van der Waals surface area contributed by atoms with Gasteiger partial charge in [0, 0.05) is 22.6 Å². The number of hydrogen-bond acceptors (Lipinski definition) is 5. The van der Waals surface area contributed by atoms with Crippen LogP contribution in [0.2, 0.25) is 5.35 Å². The van der Waals surface area contributed by atoms with E-state index in [-0.39, 0.29) is 17.2 Å². The van der Waals surface area contributed by atoms with Crippen LogP contribution < -0.4 is 4.74 Å². The molecule has 0 radical (unpaired) electrons. The van der Waals surface area contributed by atoms with E-state index < -0.39 is 0 Å². The molecular formula is C6HClI2N2O3. The first-order chi connectivity index (χ1) is 6.65. The topological polar surface area (TPSA) is 61.3 Å². The van der Waals surface area contributed by atoms with E-state index in [2.05, 4.69) is 9.97 Å². The fourth-order valence-corrected chi connectivity index (χ4v) is 2.17. The van der Waals surface area contributed by atoms with Crippen molar-refractivity contribution >= 4 is 56.8 Å². The van der Waals surface area contributed by atoms with Crippen LogP contribution in [-0.4, -0.2) is 9.97 Å². The zero-order valence-corrected chi connectivity index (χ0v) is 11.4. The average molecular weight is 438 g/mol. The summed E-state index contributed by atoms with van der Waals surface area (Å²) >= 11 is 9.39. The Balaban J connectivity index is 2.22. The minimum Gasteiger partial charge on any atom is -0.399 e. The fourth-order valence-electron chi connectivity index (χ4n) is 0.705. The molecule has 2 aromatic rings. The summed E-state index contributed by atoms with van der Waals surface area (Å²) in [4.78, 5) is 7.66. The van der Waals surface area contributed by atoms with Crippen molar-refractivity contribution in [1.29, 1.82) is 0 Å². The molecule has 8 heteroatoms. The van der Waals surface area contributed by atoms with Crippen LogP contribution in [0.5, 0.6) is 11.9 Å². The minimum atomic E-state index is 0.0178. The average Bonchev–Trinajstić information content (AvgIpc) is 2.61. The zero-order chi connectivity index (χ0) is 10.1. The van der Waals surface area contributed by atoms with Crippen molar-refractivity contribution < 1.29 is 13.6 Å². The molecule has 0 bridgehead atoms. The lowest BCUT2D eigenvalue weighted by molar-refractivity contribution is 0.273. The Morgan fingerprint density at radius 1 is 1.36 bits per heavy atom. The van der Waals surface area contributed by atoms with Gasteiger partial charge < -0.3 is 13.6 Å². The maximum atomic E-state index is 5.46. The fraction of sp³-hybridized carbons (Fsp3) is 0. The molecule has 0 aliphatic heterocycles. The number of ether oxygens (including phenoxy) is 1. The van der Waals surface area contributed by atoms with Crippen molar-refractivity contribution in [2.24, 2.45) is 0 Å².